The maximum absolute atomic E-state index is 12.9. The number of hydrogen-bond acceptors (Lipinski definition) is 3. The molecule has 1 aliphatic carbocycles. The Labute approximate surface area is 103 Å². The third-order valence-corrected chi connectivity index (χ3v) is 2.84. The van der Waals surface area contributed by atoms with Crippen LogP contribution in [-0.4, -0.2) is 28.0 Å². The minimum Gasteiger partial charge on any atom is -0.480 e. The zero-order valence-electron chi connectivity index (χ0n) is 9.60. The molecule has 18 heavy (non-hydrogen) atoms. The number of aliphatic carboxylic acids is 1. The molecular weight excluding hydrogens is 239 g/mol. The van der Waals surface area contributed by atoms with Crippen molar-refractivity contribution >= 4 is 11.9 Å². The molecule has 2 rings (SSSR count). The number of nitrogens with zero attached hydrogens (tertiary/aromatic N) is 1. The summed E-state index contributed by atoms with van der Waals surface area (Å²) >= 11 is 0. The molecular formula is C12H13FN2O3. The van der Waals surface area contributed by atoms with Gasteiger partial charge in [-0.15, -0.1) is 0 Å². The molecule has 2 N–H and O–H groups in total. The van der Waals surface area contributed by atoms with Gasteiger partial charge in [0.2, 0.25) is 0 Å². The van der Waals surface area contributed by atoms with Gasteiger partial charge in [-0.3, -0.25) is 9.78 Å². The summed E-state index contributed by atoms with van der Waals surface area (Å²) in [6.45, 7) is 0. The Balaban J connectivity index is 2.01. The van der Waals surface area contributed by atoms with Gasteiger partial charge in [-0.05, 0) is 18.4 Å². The van der Waals surface area contributed by atoms with E-state index < -0.39 is 23.7 Å². The lowest BCUT2D eigenvalue weighted by molar-refractivity contribution is -0.139. The van der Waals surface area contributed by atoms with Crippen molar-refractivity contribution in [3.63, 3.8) is 0 Å². The number of carbonyl (C=O) groups excluding carboxylic acids is 1. The van der Waals surface area contributed by atoms with Gasteiger partial charge in [0.25, 0.3) is 5.91 Å². The van der Waals surface area contributed by atoms with Crippen molar-refractivity contribution in [1.82, 2.24) is 10.3 Å². The average Bonchev–Trinajstić information content (AvgIpc) is 3.12. The van der Waals surface area contributed by atoms with Crippen molar-refractivity contribution in [1.29, 1.82) is 0 Å². The van der Waals surface area contributed by atoms with Gasteiger partial charge < -0.3 is 10.4 Å². The molecule has 1 fully saturated rings. The summed E-state index contributed by atoms with van der Waals surface area (Å²) in [7, 11) is 0. The predicted octanol–water partition coefficient (Wildman–Crippen LogP) is 1.20. The number of carboxylic acid groups (broad SMARTS) is 1. The first-order chi connectivity index (χ1) is 8.56. The maximum atomic E-state index is 12.9. The summed E-state index contributed by atoms with van der Waals surface area (Å²) in [5.74, 6) is -1.94. The summed E-state index contributed by atoms with van der Waals surface area (Å²) in [6.07, 6.45) is 4.61. The van der Waals surface area contributed by atoms with Crippen LogP contribution in [0.3, 0.4) is 0 Å². The van der Waals surface area contributed by atoms with Gasteiger partial charge in [-0.2, -0.15) is 0 Å². The maximum Gasteiger partial charge on any atom is 0.326 e. The number of aromatic nitrogens is 1. The number of pyridine rings is 1. The van der Waals surface area contributed by atoms with Crippen LogP contribution in [0, 0.1) is 11.7 Å². The highest BCUT2D eigenvalue weighted by Crippen LogP contribution is 2.33. The highest BCUT2D eigenvalue weighted by atomic mass is 19.1. The van der Waals surface area contributed by atoms with Crippen LogP contribution in [0.2, 0.25) is 0 Å². The zero-order valence-corrected chi connectivity index (χ0v) is 9.60. The van der Waals surface area contributed by atoms with Crippen LogP contribution in [-0.2, 0) is 4.79 Å². The minimum atomic E-state index is -1.07. The van der Waals surface area contributed by atoms with Crippen molar-refractivity contribution in [3.8, 4) is 0 Å². The largest absolute Gasteiger partial charge is 0.480 e. The molecule has 0 radical (unpaired) electrons. The van der Waals surface area contributed by atoms with E-state index in [4.69, 9.17) is 5.11 Å². The first kappa shape index (κ1) is 12.5. The predicted molar refractivity (Wildman–Crippen MR) is 60.4 cm³/mol. The van der Waals surface area contributed by atoms with E-state index in [1.54, 1.807) is 0 Å². The Hall–Kier alpha value is -1.98. The van der Waals surface area contributed by atoms with Crippen molar-refractivity contribution < 1.29 is 19.1 Å². The lowest BCUT2D eigenvalue weighted by Crippen LogP contribution is -2.41. The Morgan fingerprint density at radius 3 is 2.78 bits per heavy atom. The summed E-state index contributed by atoms with van der Waals surface area (Å²) < 4.78 is 12.9. The average molecular weight is 252 g/mol. The second-order valence-corrected chi connectivity index (χ2v) is 4.44. The molecule has 1 aromatic heterocycles. The lowest BCUT2D eigenvalue weighted by Gasteiger charge is -2.13. The van der Waals surface area contributed by atoms with Crippen molar-refractivity contribution in [3.05, 3.63) is 29.8 Å². The molecule has 1 heterocycles. The van der Waals surface area contributed by atoms with E-state index in [0.717, 1.165) is 25.1 Å². The van der Waals surface area contributed by atoms with Crippen LogP contribution < -0.4 is 5.32 Å². The topological polar surface area (TPSA) is 79.3 Å². The molecule has 1 aliphatic rings. The third kappa shape index (κ3) is 3.26. The SMILES string of the molecule is O=C(NC(CC1CC1)C(=O)O)c1cncc(F)c1. The summed E-state index contributed by atoms with van der Waals surface area (Å²) in [6, 6.07) is 0.103. The van der Waals surface area contributed by atoms with Crippen LogP contribution >= 0.6 is 0 Å². The number of nitrogens with one attached hydrogen (secondary N) is 1. The van der Waals surface area contributed by atoms with E-state index in [1.807, 2.05) is 0 Å². The van der Waals surface area contributed by atoms with Crippen LogP contribution in [0.15, 0.2) is 18.5 Å². The summed E-state index contributed by atoms with van der Waals surface area (Å²) in [4.78, 5) is 26.3. The fourth-order valence-electron chi connectivity index (χ4n) is 1.69. The van der Waals surface area contributed by atoms with E-state index in [2.05, 4.69) is 10.3 Å². The molecule has 1 unspecified atom stereocenters. The number of carboxylic acids is 1. The number of carbonyl (C=O) groups is 2. The van der Waals surface area contributed by atoms with Crippen molar-refractivity contribution in [2.75, 3.05) is 0 Å². The van der Waals surface area contributed by atoms with E-state index in [0.29, 0.717) is 12.3 Å². The van der Waals surface area contributed by atoms with Gasteiger partial charge in [-0.1, -0.05) is 12.8 Å². The zero-order chi connectivity index (χ0) is 13.1. The normalized spacial score (nSPS) is 16.1. The van der Waals surface area contributed by atoms with Gasteiger partial charge in [-0.25, -0.2) is 9.18 Å². The number of halogens is 1. The number of hydrogen-bond donors (Lipinski definition) is 2. The second kappa shape index (κ2) is 5.12. The smallest absolute Gasteiger partial charge is 0.326 e. The third-order valence-electron chi connectivity index (χ3n) is 2.84. The van der Waals surface area contributed by atoms with Crippen molar-refractivity contribution in [2.45, 2.75) is 25.3 Å². The molecule has 0 saturated heterocycles. The highest BCUT2D eigenvalue weighted by Gasteiger charge is 2.30. The first-order valence-corrected chi connectivity index (χ1v) is 5.70. The Morgan fingerprint density at radius 2 is 2.22 bits per heavy atom. The number of amides is 1. The van der Waals surface area contributed by atoms with Crippen LogP contribution in [0.5, 0.6) is 0 Å². The molecule has 1 amide bonds. The molecule has 1 saturated carbocycles. The standard InChI is InChI=1S/C12H13FN2O3/c13-9-4-8(5-14-6-9)11(16)15-10(12(17)18)3-7-1-2-7/h4-7,10H,1-3H2,(H,15,16)(H,17,18). The summed E-state index contributed by atoms with van der Waals surface area (Å²) in [5.41, 5.74) is 0.0250. The quantitative estimate of drug-likeness (QED) is 0.825. The van der Waals surface area contributed by atoms with Gasteiger partial charge in [0.1, 0.15) is 11.9 Å². The fourth-order valence-corrected chi connectivity index (χ4v) is 1.69. The fraction of sp³-hybridized carbons (Fsp3) is 0.417. The van der Waals surface area contributed by atoms with Gasteiger partial charge in [0.15, 0.2) is 0 Å². The van der Waals surface area contributed by atoms with E-state index in [-0.39, 0.29) is 5.56 Å². The molecule has 1 aromatic rings. The van der Waals surface area contributed by atoms with Gasteiger partial charge in [0.05, 0.1) is 11.8 Å². The van der Waals surface area contributed by atoms with Gasteiger partial charge in [0, 0.05) is 6.20 Å². The second-order valence-electron chi connectivity index (χ2n) is 4.44. The summed E-state index contributed by atoms with van der Waals surface area (Å²) in [5, 5.41) is 11.4. The van der Waals surface area contributed by atoms with Crippen molar-refractivity contribution in [2.24, 2.45) is 5.92 Å². The minimum absolute atomic E-state index is 0.0250. The lowest BCUT2D eigenvalue weighted by atomic mass is 10.1. The van der Waals surface area contributed by atoms with Gasteiger partial charge >= 0.3 is 5.97 Å². The van der Waals surface area contributed by atoms with Crippen LogP contribution in [0.4, 0.5) is 4.39 Å². The van der Waals surface area contributed by atoms with E-state index in [9.17, 15) is 14.0 Å². The Morgan fingerprint density at radius 1 is 1.50 bits per heavy atom. The molecule has 5 nitrogen and oxygen atoms in total. The monoisotopic (exact) mass is 252 g/mol. The Bertz CT molecular complexity index is 474. The molecule has 0 aromatic carbocycles. The molecule has 0 bridgehead atoms. The van der Waals surface area contributed by atoms with E-state index >= 15 is 0 Å². The first-order valence-electron chi connectivity index (χ1n) is 5.70. The molecule has 0 aliphatic heterocycles. The molecule has 96 valence electrons. The highest BCUT2D eigenvalue weighted by molar-refractivity contribution is 5.96. The van der Waals surface area contributed by atoms with E-state index in [1.165, 1.54) is 6.20 Å². The molecule has 0 spiro atoms. The van der Waals surface area contributed by atoms with Crippen LogP contribution in [0.1, 0.15) is 29.6 Å². The number of rotatable bonds is 5. The molecule has 1 atom stereocenters. The van der Waals surface area contributed by atoms with Crippen LogP contribution in [0.25, 0.3) is 0 Å². The Kier molecular flexibility index (Phi) is 3.55. The molecule has 6 heteroatoms.